The molecule has 2 amide bonds. The van der Waals surface area contributed by atoms with Crippen LogP contribution in [-0.2, 0) is 0 Å². The molecule has 4 rings (SSSR count). The van der Waals surface area contributed by atoms with Crippen molar-refractivity contribution in [3.05, 3.63) is 49.6 Å². The van der Waals surface area contributed by atoms with E-state index in [0.717, 1.165) is 0 Å². The highest BCUT2D eigenvalue weighted by Gasteiger charge is 2.15. The zero-order valence-electron chi connectivity index (χ0n) is 15.9. The molecule has 0 bridgehead atoms. The van der Waals surface area contributed by atoms with Crippen LogP contribution < -0.4 is 20.1 Å². The second-order valence-electron chi connectivity index (χ2n) is 5.71. The predicted molar refractivity (Wildman–Crippen MR) is 104 cm³/mol. The predicted octanol–water partition coefficient (Wildman–Crippen LogP) is 1.30. The van der Waals surface area contributed by atoms with Crippen LogP contribution in [0.15, 0.2) is 49.6 Å². The number of amides is 2. The summed E-state index contributed by atoms with van der Waals surface area (Å²) in [7, 11) is 2.99. The van der Waals surface area contributed by atoms with Gasteiger partial charge in [-0.15, -0.1) is 0 Å². The smallest absolute Gasteiger partial charge is 0.323 e. The van der Waals surface area contributed by atoms with E-state index in [2.05, 4.69) is 40.8 Å². The third-order valence-corrected chi connectivity index (χ3v) is 3.89. The lowest BCUT2D eigenvalue weighted by atomic mass is 10.3. The Labute approximate surface area is 169 Å². The van der Waals surface area contributed by atoms with Crippen LogP contribution in [0.4, 0.5) is 16.2 Å². The zero-order chi connectivity index (χ0) is 20.9. The molecule has 152 valence electrons. The molecule has 0 aliphatic rings. The first-order chi connectivity index (χ1) is 14.7. The van der Waals surface area contributed by atoms with E-state index >= 15 is 0 Å². The quantitative estimate of drug-likeness (QED) is 0.482. The second-order valence-corrected chi connectivity index (χ2v) is 5.71. The number of nitrogens with one attached hydrogen (secondary N) is 2. The summed E-state index contributed by atoms with van der Waals surface area (Å²) in [4.78, 5) is 29.2. The van der Waals surface area contributed by atoms with Crippen LogP contribution in [-0.4, -0.2) is 59.7 Å². The summed E-state index contributed by atoms with van der Waals surface area (Å²) in [5.74, 6) is 1.40. The van der Waals surface area contributed by atoms with Gasteiger partial charge in [0.25, 0.3) is 0 Å². The molecule has 0 atom stereocenters. The Morgan fingerprint density at radius 1 is 0.800 bits per heavy atom. The summed E-state index contributed by atoms with van der Waals surface area (Å²) in [6, 6.07) is 5.99. The Kier molecular flexibility index (Phi) is 5.15. The highest BCUT2D eigenvalue weighted by atomic mass is 16.5. The highest BCUT2D eigenvalue weighted by molar-refractivity contribution is 6.01. The number of anilines is 2. The molecule has 0 aliphatic heterocycles. The van der Waals surface area contributed by atoms with Gasteiger partial charge in [0.1, 0.15) is 25.3 Å². The van der Waals surface area contributed by atoms with Crippen LogP contribution in [0.5, 0.6) is 11.8 Å². The molecule has 4 heterocycles. The normalized spacial score (nSPS) is 10.5. The number of rotatable bonds is 6. The maximum Gasteiger partial charge on any atom is 0.323 e. The number of ether oxygens (including phenoxy) is 2. The van der Waals surface area contributed by atoms with E-state index in [1.165, 1.54) is 48.9 Å². The number of aromatic nitrogens is 8. The van der Waals surface area contributed by atoms with Gasteiger partial charge < -0.3 is 20.1 Å². The standard InChI is InChI=1S/C17H16N10O3/c1-29-13-5-3-11(15(24-13)26-9-18-7-20-26)22-17(28)23-12-4-6-14(30-2)25-16(12)27-10-19-8-21-27/h3-10H,1-2H3,(H2,22,23,28). The zero-order valence-corrected chi connectivity index (χ0v) is 15.9. The van der Waals surface area contributed by atoms with Crippen LogP contribution in [0.1, 0.15) is 0 Å². The summed E-state index contributed by atoms with van der Waals surface area (Å²) in [5, 5.41) is 13.6. The van der Waals surface area contributed by atoms with Crippen LogP contribution >= 0.6 is 0 Å². The lowest BCUT2D eigenvalue weighted by Gasteiger charge is -2.14. The summed E-state index contributed by atoms with van der Waals surface area (Å²) in [5.41, 5.74) is 0.783. The minimum absolute atomic E-state index is 0.339. The maximum absolute atomic E-state index is 12.7. The van der Waals surface area contributed by atoms with Crippen molar-refractivity contribution in [3.63, 3.8) is 0 Å². The lowest BCUT2D eigenvalue weighted by molar-refractivity contribution is 0.262. The number of hydrogen-bond donors (Lipinski definition) is 2. The molecule has 4 aromatic heterocycles. The van der Waals surface area contributed by atoms with Crippen molar-refractivity contribution in [3.8, 4) is 23.4 Å². The Morgan fingerprint density at radius 3 is 1.63 bits per heavy atom. The number of carbonyl (C=O) groups excluding carboxylic acids is 1. The molecular weight excluding hydrogens is 392 g/mol. The minimum Gasteiger partial charge on any atom is -0.481 e. The fourth-order valence-electron chi connectivity index (χ4n) is 2.54. The van der Waals surface area contributed by atoms with Crippen molar-refractivity contribution in [1.29, 1.82) is 0 Å². The van der Waals surface area contributed by atoms with Gasteiger partial charge >= 0.3 is 6.03 Å². The average Bonchev–Trinajstić information content (AvgIpc) is 3.48. The monoisotopic (exact) mass is 408 g/mol. The summed E-state index contributed by atoms with van der Waals surface area (Å²) in [6.45, 7) is 0. The number of methoxy groups -OCH3 is 2. The Hall–Kier alpha value is -4.55. The molecule has 0 spiro atoms. The first-order valence-corrected chi connectivity index (χ1v) is 8.56. The molecule has 2 N–H and O–H groups in total. The Morgan fingerprint density at radius 2 is 1.27 bits per heavy atom. The van der Waals surface area contributed by atoms with Crippen molar-refractivity contribution in [1.82, 2.24) is 39.5 Å². The lowest BCUT2D eigenvalue weighted by Crippen LogP contribution is -2.22. The Balaban J connectivity index is 1.61. The molecule has 30 heavy (non-hydrogen) atoms. The van der Waals surface area contributed by atoms with E-state index in [-0.39, 0.29) is 0 Å². The number of nitrogens with zero attached hydrogens (tertiary/aromatic N) is 8. The third-order valence-electron chi connectivity index (χ3n) is 3.89. The third kappa shape index (κ3) is 3.84. The van der Waals surface area contributed by atoms with Gasteiger partial charge in [-0.1, -0.05) is 0 Å². The van der Waals surface area contributed by atoms with Crippen LogP contribution in [0, 0.1) is 0 Å². The topological polar surface area (TPSA) is 147 Å². The molecule has 13 heteroatoms. The second kappa shape index (κ2) is 8.22. The Bertz CT molecular complexity index is 1060. The van der Waals surface area contributed by atoms with Gasteiger partial charge in [0.05, 0.1) is 25.6 Å². The van der Waals surface area contributed by atoms with Gasteiger partial charge in [-0.2, -0.15) is 20.2 Å². The number of urea groups is 1. The summed E-state index contributed by atoms with van der Waals surface area (Å²) >= 11 is 0. The first-order valence-electron chi connectivity index (χ1n) is 8.56. The van der Waals surface area contributed by atoms with Crippen molar-refractivity contribution < 1.29 is 14.3 Å². The van der Waals surface area contributed by atoms with Crippen molar-refractivity contribution >= 4 is 17.4 Å². The van der Waals surface area contributed by atoms with Crippen LogP contribution in [0.25, 0.3) is 11.6 Å². The first kappa shape index (κ1) is 18.8. The van der Waals surface area contributed by atoms with E-state index in [4.69, 9.17) is 9.47 Å². The minimum atomic E-state index is -0.531. The summed E-state index contributed by atoms with van der Waals surface area (Å²) in [6.07, 6.45) is 5.64. The van der Waals surface area contributed by atoms with Crippen molar-refractivity contribution in [2.45, 2.75) is 0 Å². The largest absolute Gasteiger partial charge is 0.481 e. The fourth-order valence-corrected chi connectivity index (χ4v) is 2.54. The molecule has 0 saturated carbocycles. The molecule has 0 saturated heterocycles. The van der Waals surface area contributed by atoms with Gasteiger partial charge in [-0.3, -0.25) is 0 Å². The van der Waals surface area contributed by atoms with Gasteiger partial charge in [-0.25, -0.2) is 24.1 Å². The molecular formula is C17H16N10O3. The summed E-state index contributed by atoms with van der Waals surface area (Å²) < 4.78 is 13.1. The van der Waals surface area contributed by atoms with Crippen molar-refractivity contribution in [2.75, 3.05) is 24.9 Å². The molecule has 0 aromatic carbocycles. The molecule has 0 unspecified atom stereocenters. The van der Waals surface area contributed by atoms with E-state index < -0.39 is 6.03 Å². The van der Waals surface area contributed by atoms with Crippen LogP contribution in [0.3, 0.4) is 0 Å². The van der Waals surface area contributed by atoms with Gasteiger partial charge in [0.2, 0.25) is 11.8 Å². The highest BCUT2D eigenvalue weighted by Crippen LogP contribution is 2.23. The van der Waals surface area contributed by atoms with Crippen molar-refractivity contribution in [2.24, 2.45) is 0 Å². The molecule has 13 nitrogen and oxygen atoms in total. The number of carbonyl (C=O) groups is 1. The van der Waals surface area contributed by atoms with E-state index in [1.54, 1.807) is 24.3 Å². The fraction of sp³-hybridized carbons (Fsp3) is 0.118. The number of hydrogen-bond acceptors (Lipinski definition) is 9. The van der Waals surface area contributed by atoms with E-state index in [9.17, 15) is 4.79 Å². The van der Waals surface area contributed by atoms with Gasteiger partial charge in [-0.05, 0) is 12.1 Å². The number of pyridine rings is 2. The van der Waals surface area contributed by atoms with E-state index in [1.807, 2.05) is 0 Å². The average molecular weight is 408 g/mol. The molecule has 0 aliphatic carbocycles. The maximum atomic E-state index is 12.7. The van der Waals surface area contributed by atoms with E-state index in [0.29, 0.717) is 34.8 Å². The van der Waals surface area contributed by atoms with Gasteiger partial charge in [0.15, 0.2) is 11.6 Å². The van der Waals surface area contributed by atoms with Crippen LogP contribution in [0.2, 0.25) is 0 Å². The molecule has 0 radical (unpaired) electrons. The SMILES string of the molecule is COc1ccc(NC(=O)Nc2ccc(OC)nc2-n2cncn2)c(-n2cncn2)n1. The van der Waals surface area contributed by atoms with Gasteiger partial charge in [0, 0.05) is 12.1 Å². The molecule has 4 aromatic rings. The molecule has 0 fully saturated rings.